The molecule has 0 unspecified atom stereocenters. The summed E-state index contributed by atoms with van der Waals surface area (Å²) in [4.78, 5) is 29.9. The average molecular weight is 479 g/mol. The molecule has 0 saturated carbocycles. The van der Waals surface area contributed by atoms with E-state index >= 15 is 0 Å². The molecule has 2 heterocycles. The molecule has 0 spiro atoms. The summed E-state index contributed by atoms with van der Waals surface area (Å²) in [6, 6.07) is 12.1. The van der Waals surface area contributed by atoms with Crippen molar-refractivity contribution in [3.63, 3.8) is 0 Å². The molecule has 1 saturated heterocycles. The highest BCUT2D eigenvalue weighted by Crippen LogP contribution is 2.31. The van der Waals surface area contributed by atoms with Gasteiger partial charge >= 0.3 is 0 Å². The lowest BCUT2D eigenvalue weighted by molar-refractivity contribution is -0.114. The van der Waals surface area contributed by atoms with E-state index in [1.807, 2.05) is 6.07 Å². The maximum absolute atomic E-state index is 12.9. The molecule has 0 atom stereocenters. The number of aromatic nitrogens is 1. The molecular formula is C25H30N6O4. The third kappa shape index (κ3) is 5.39. The Labute approximate surface area is 203 Å². The Bertz CT molecular complexity index is 1310. The number of pyridine rings is 1. The summed E-state index contributed by atoms with van der Waals surface area (Å²) in [7, 11) is 1.53. The van der Waals surface area contributed by atoms with Crippen LogP contribution < -0.4 is 37.0 Å². The largest absolute Gasteiger partial charge is 0.495 e. The second-order valence-electron chi connectivity index (χ2n) is 8.26. The number of nitrogens with zero attached hydrogens (tertiary/aromatic N) is 2. The lowest BCUT2D eigenvalue weighted by atomic mass is 10.1. The number of ether oxygens (including phenoxy) is 2. The molecule has 1 aliphatic rings. The zero-order valence-corrected chi connectivity index (χ0v) is 19.8. The zero-order chi connectivity index (χ0) is 24.9. The summed E-state index contributed by atoms with van der Waals surface area (Å²) in [5, 5.41) is 4.58. The van der Waals surface area contributed by atoms with Crippen molar-refractivity contribution >= 4 is 39.7 Å². The molecule has 0 radical (unpaired) electrons. The molecule has 0 bridgehead atoms. The number of hydrogen-bond acceptors (Lipinski definition) is 8. The maximum Gasteiger partial charge on any atom is 0.221 e. The maximum atomic E-state index is 12.9. The number of aromatic amines is 1. The Morgan fingerprint density at radius 2 is 2.06 bits per heavy atom. The standard InChI is InChI=1S/C25H30N6O4/c1-16(32)28-17-7-8-23(34-2)21(13-17)31(27)15-20(26)18-5-3-6-19-22(33)14-24(29-25(18)19)30-9-4-11-35-12-10-30/h3,5-8,13-15H,4,9-12,26-27H2,1-2H3,(H,28,32)(H,29,33)/b20-15-. The molecule has 10 nitrogen and oxygen atoms in total. The highest BCUT2D eigenvalue weighted by atomic mass is 16.5. The van der Waals surface area contributed by atoms with Gasteiger partial charge in [0.15, 0.2) is 5.43 Å². The van der Waals surface area contributed by atoms with Crippen molar-refractivity contribution in [3.05, 3.63) is 64.5 Å². The second kappa shape index (κ2) is 10.5. The minimum Gasteiger partial charge on any atom is -0.495 e. The van der Waals surface area contributed by atoms with Crippen molar-refractivity contribution in [3.8, 4) is 5.75 Å². The van der Waals surface area contributed by atoms with Crippen LogP contribution in [0.15, 0.2) is 53.5 Å². The number of carbonyl (C=O) groups is 1. The molecule has 4 rings (SSSR count). The van der Waals surface area contributed by atoms with Crippen molar-refractivity contribution in [2.45, 2.75) is 13.3 Å². The number of carbonyl (C=O) groups excluding carboxylic acids is 1. The first-order valence-corrected chi connectivity index (χ1v) is 11.3. The third-order valence-electron chi connectivity index (χ3n) is 5.78. The molecule has 10 heteroatoms. The predicted molar refractivity (Wildman–Crippen MR) is 138 cm³/mol. The van der Waals surface area contributed by atoms with Gasteiger partial charge in [-0.05, 0) is 30.7 Å². The van der Waals surface area contributed by atoms with E-state index in [2.05, 4.69) is 15.2 Å². The van der Waals surface area contributed by atoms with E-state index in [4.69, 9.17) is 21.1 Å². The van der Waals surface area contributed by atoms with Gasteiger partial charge in [-0.2, -0.15) is 0 Å². The number of nitrogens with one attached hydrogen (secondary N) is 2. The average Bonchev–Trinajstić information content (AvgIpc) is 3.13. The Kier molecular flexibility index (Phi) is 7.23. The topological polar surface area (TPSA) is 139 Å². The molecule has 1 aromatic heterocycles. The number of H-pyrrole nitrogens is 1. The minimum atomic E-state index is -0.203. The summed E-state index contributed by atoms with van der Waals surface area (Å²) >= 11 is 0. The predicted octanol–water partition coefficient (Wildman–Crippen LogP) is 2.36. The molecule has 184 valence electrons. The van der Waals surface area contributed by atoms with Crippen LogP contribution in [0.25, 0.3) is 16.6 Å². The van der Waals surface area contributed by atoms with Crippen molar-refractivity contribution in [2.75, 3.05) is 48.6 Å². The number of rotatable bonds is 6. The van der Waals surface area contributed by atoms with Gasteiger partial charge in [0.05, 0.1) is 24.9 Å². The van der Waals surface area contributed by atoms with Crippen LogP contribution in [0.3, 0.4) is 0 Å². The highest BCUT2D eigenvalue weighted by molar-refractivity contribution is 5.92. The van der Waals surface area contributed by atoms with E-state index in [-0.39, 0.29) is 11.3 Å². The quantitative estimate of drug-likeness (QED) is 0.313. The number of nitrogens with two attached hydrogens (primary N) is 2. The van der Waals surface area contributed by atoms with Gasteiger partial charge in [-0.25, -0.2) is 5.84 Å². The normalized spacial score (nSPS) is 14.5. The first kappa shape index (κ1) is 24.1. The zero-order valence-electron chi connectivity index (χ0n) is 19.8. The number of benzene rings is 2. The van der Waals surface area contributed by atoms with Crippen LogP contribution in [-0.2, 0) is 9.53 Å². The fourth-order valence-electron chi connectivity index (χ4n) is 4.12. The minimum absolute atomic E-state index is 0.0946. The molecule has 1 fully saturated rings. The van der Waals surface area contributed by atoms with Crippen LogP contribution in [0.2, 0.25) is 0 Å². The smallest absolute Gasteiger partial charge is 0.221 e. The van der Waals surface area contributed by atoms with Crippen LogP contribution in [-0.4, -0.2) is 44.3 Å². The number of para-hydroxylation sites is 1. The summed E-state index contributed by atoms with van der Waals surface area (Å²) < 4.78 is 11.0. The molecule has 1 amide bonds. The number of methoxy groups -OCH3 is 1. The van der Waals surface area contributed by atoms with E-state index in [1.165, 1.54) is 19.0 Å². The molecule has 6 N–H and O–H groups in total. The molecule has 2 aromatic carbocycles. The monoisotopic (exact) mass is 478 g/mol. The van der Waals surface area contributed by atoms with Gasteiger partial charge < -0.3 is 30.4 Å². The fourth-order valence-corrected chi connectivity index (χ4v) is 4.12. The van der Waals surface area contributed by atoms with Crippen LogP contribution in [0.1, 0.15) is 18.9 Å². The molecular weight excluding hydrogens is 448 g/mol. The highest BCUT2D eigenvalue weighted by Gasteiger charge is 2.16. The Morgan fingerprint density at radius 1 is 1.23 bits per heavy atom. The molecule has 3 aromatic rings. The van der Waals surface area contributed by atoms with Crippen LogP contribution in [0, 0.1) is 0 Å². The summed E-state index contributed by atoms with van der Waals surface area (Å²) in [5.74, 6) is 7.36. The van der Waals surface area contributed by atoms with E-state index in [0.717, 1.165) is 18.8 Å². The van der Waals surface area contributed by atoms with E-state index in [0.29, 0.717) is 59.0 Å². The van der Waals surface area contributed by atoms with Crippen LogP contribution in [0.4, 0.5) is 17.2 Å². The van der Waals surface area contributed by atoms with Crippen molar-refractivity contribution < 1.29 is 14.3 Å². The number of fused-ring (bicyclic) bond motifs is 1. The molecule has 35 heavy (non-hydrogen) atoms. The third-order valence-corrected chi connectivity index (χ3v) is 5.78. The fraction of sp³-hybridized carbons (Fsp3) is 0.280. The second-order valence-corrected chi connectivity index (χ2v) is 8.26. The number of hydrazine groups is 1. The Hall–Kier alpha value is -4.02. The van der Waals surface area contributed by atoms with E-state index < -0.39 is 0 Å². The van der Waals surface area contributed by atoms with Gasteiger partial charge in [-0.15, -0.1) is 0 Å². The summed E-state index contributed by atoms with van der Waals surface area (Å²) in [5.41, 5.74) is 9.07. The summed E-state index contributed by atoms with van der Waals surface area (Å²) in [6.45, 7) is 4.21. The molecule has 0 aliphatic carbocycles. The van der Waals surface area contributed by atoms with Gasteiger partial charge in [0.1, 0.15) is 17.3 Å². The van der Waals surface area contributed by atoms with Gasteiger partial charge in [0, 0.05) is 55.5 Å². The number of hydrogen-bond donors (Lipinski definition) is 4. The number of amides is 1. The van der Waals surface area contributed by atoms with Gasteiger partial charge in [0.25, 0.3) is 0 Å². The first-order valence-electron chi connectivity index (χ1n) is 11.3. The van der Waals surface area contributed by atoms with Crippen molar-refractivity contribution in [1.29, 1.82) is 0 Å². The first-order chi connectivity index (χ1) is 16.9. The van der Waals surface area contributed by atoms with Crippen LogP contribution >= 0.6 is 0 Å². The Morgan fingerprint density at radius 3 is 2.83 bits per heavy atom. The lowest BCUT2D eigenvalue weighted by Crippen LogP contribution is -2.28. The van der Waals surface area contributed by atoms with Crippen LogP contribution in [0.5, 0.6) is 5.75 Å². The van der Waals surface area contributed by atoms with Crippen molar-refractivity contribution in [1.82, 2.24) is 4.98 Å². The van der Waals surface area contributed by atoms with E-state index in [1.54, 1.807) is 42.6 Å². The van der Waals surface area contributed by atoms with Crippen molar-refractivity contribution in [2.24, 2.45) is 11.6 Å². The lowest BCUT2D eigenvalue weighted by Gasteiger charge is -2.22. The van der Waals surface area contributed by atoms with Gasteiger partial charge in [0.2, 0.25) is 5.91 Å². The Balaban J connectivity index is 1.74. The number of anilines is 3. The molecule has 1 aliphatic heterocycles. The van der Waals surface area contributed by atoms with E-state index in [9.17, 15) is 9.59 Å². The summed E-state index contributed by atoms with van der Waals surface area (Å²) in [6.07, 6.45) is 2.43. The van der Waals surface area contributed by atoms with Gasteiger partial charge in [-0.3, -0.25) is 14.6 Å². The van der Waals surface area contributed by atoms with Gasteiger partial charge in [-0.1, -0.05) is 12.1 Å². The SMILES string of the molecule is COc1ccc(NC(C)=O)cc1N(N)/C=C(\N)c1cccc2c(=O)cc(N3CCCOCC3)[nH]c12.